The fraction of sp³-hybridized carbons (Fsp3) is 0.455. The highest BCUT2D eigenvalue weighted by molar-refractivity contribution is 7.13. The predicted octanol–water partition coefficient (Wildman–Crippen LogP) is 2.92. The first-order valence-corrected chi connectivity index (χ1v) is 10.7. The van der Waals surface area contributed by atoms with Crippen molar-refractivity contribution in [2.24, 2.45) is 0 Å². The Morgan fingerprint density at radius 1 is 1.24 bits per heavy atom. The van der Waals surface area contributed by atoms with Crippen molar-refractivity contribution in [1.82, 2.24) is 15.1 Å². The number of aryl methyl sites for hydroxylation is 1. The summed E-state index contributed by atoms with van der Waals surface area (Å²) in [5.74, 6) is 0.908. The van der Waals surface area contributed by atoms with Crippen LogP contribution in [0.2, 0.25) is 0 Å². The zero-order chi connectivity index (χ0) is 20.8. The first-order valence-electron chi connectivity index (χ1n) is 9.91. The van der Waals surface area contributed by atoms with E-state index in [4.69, 9.17) is 4.74 Å². The van der Waals surface area contributed by atoms with E-state index >= 15 is 0 Å². The number of amides is 2. The molecule has 0 atom stereocenters. The Bertz CT molecular complexity index is 843. The van der Waals surface area contributed by atoms with Crippen LogP contribution in [0.25, 0.3) is 0 Å². The monoisotopic (exact) mass is 415 g/mol. The third-order valence-corrected chi connectivity index (χ3v) is 6.22. The Kier molecular flexibility index (Phi) is 7.28. The van der Waals surface area contributed by atoms with Crippen molar-refractivity contribution >= 4 is 23.2 Å². The fourth-order valence-electron chi connectivity index (χ4n) is 3.49. The first kappa shape index (κ1) is 21.3. The van der Waals surface area contributed by atoms with Crippen LogP contribution in [0, 0.1) is 6.92 Å². The van der Waals surface area contributed by atoms with E-state index in [9.17, 15) is 9.59 Å². The molecule has 0 saturated carbocycles. The normalized spacial score (nSPS) is 15.1. The van der Waals surface area contributed by atoms with Crippen LogP contribution < -0.4 is 10.1 Å². The second-order valence-corrected chi connectivity index (χ2v) is 8.82. The van der Waals surface area contributed by atoms with E-state index in [1.807, 2.05) is 50.4 Å². The lowest BCUT2D eigenvalue weighted by Crippen LogP contribution is -2.47. The van der Waals surface area contributed by atoms with Crippen LogP contribution in [0.4, 0.5) is 0 Å². The van der Waals surface area contributed by atoms with E-state index in [1.54, 1.807) is 12.0 Å². The number of hydrogen-bond donors (Lipinski definition) is 1. The van der Waals surface area contributed by atoms with Crippen LogP contribution in [-0.2, 0) is 11.3 Å². The number of rotatable bonds is 7. The van der Waals surface area contributed by atoms with Crippen LogP contribution in [0.5, 0.6) is 5.75 Å². The molecule has 0 bridgehead atoms. The second kappa shape index (κ2) is 9.89. The number of hydrogen-bond acceptors (Lipinski definition) is 5. The van der Waals surface area contributed by atoms with E-state index in [1.165, 1.54) is 11.3 Å². The Balaban J connectivity index is 1.42. The summed E-state index contributed by atoms with van der Waals surface area (Å²) >= 11 is 1.52. The molecule has 1 aromatic heterocycles. The summed E-state index contributed by atoms with van der Waals surface area (Å²) in [6.45, 7) is 4.59. The molecule has 1 fully saturated rings. The predicted molar refractivity (Wildman–Crippen MR) is 115 cm³/mol. The van der Waals surface area contributed by atoms with Crippen LogP contribution in [0.15, 0.2) is 36.4 Å². The molecule has 7 heteroatoms. The fourth-order valence-corrected chi connectivity index (χ4v) is 4.26. The summed E-state index contributed by atoms with van der Waals surface area (Å²) in [5, 5.41) is 3.13. The molecule has 156 valence electrons. The van der Waals surface area contributed by atoms with Gasteiger partial charge in [0.05, 0.1) is 18.5 Å². The van der Waals surface area contributed by atoms with Gasteiger partial charge < -0.3 is 15.0 Å². The largest absolute Gasteiger partial charge is 0.497 e. The molecular formula is C22H29N3O3S. The molecule has 2 amide bonds. The number of nitrogens with one attached hydrogen (secondary N) is 1. The van der Waals surface area contributed by atoms with Crippen molar-refractivity contribution in [3.05, 3.63) is 51.7 Å². The van der Waals surface area contributed by atoms with Crippen LogP contribution in [-0.4, -0.2) is 61.4 Å². The number of likely N-dealkylation sites (tertiary alicyclic amines) is 1. The number of methoxy groups -OCH3 is 1. The quantitative estimate of drug-likeness (QED) is 0.755. The third kappa shape index (κ3) is 6.05. The Labute approximate surface area is 176 Å². The summed E-state index contributed by atoms with van der Waals surface area (Å²) < 4.78 is 5.24. The average Bonchev–Trinajstić information content (AvgIpc) is 3.16. The van der Waals surface area contributed by atoms with E-state index < -0.39 is 0 Å². The molecule has 0 radical (unpaired) electrons. The highest BCUT2D eigenvalue weighted by Crippen LogP contribution is 2.17. The molecule has 0 spiro atoms. The number of carbonyl (C=O) groups is 2. The van der Waals surface area contributed by atoms with Gasteiger partial charge in [-0.05, 0) is 49.6 Å². The molecule has 2 aromatic rings. The molecule has 2 heterocycles. The summed E-state index contributed by atoms with van der Waals surface area (Å²) in [5.41, 5.74) is 1.05. The van der Waals surface area contributed by atoms with Crippen molar-refractivity contribution in [3.63, 3.8) is 0 Å². The van der Waals surface area contributed by atoms with Crippen molar-refractivity contribution in [1.29, 1.82) is 0 Å². The number of piperidine rings is 1. The zero-order valence-electron chi connectivity index (χ0n) is 17.3. The second-order valence-electron chi connectivity index (χ2n) is 7.54. The smallest absolute Gasteiger partial charge is 0.261 e. The van der Waals surface area contributed by atoms with Gasteiger partial charge in [0.25, 0.3) is 5.91 Å². The number of benzene rings is 1. The van der Waals surface area contributed by atoms with E-state index in [0.29, 0.717) is 13.1 Å². The highest BCUT2D eigenvalue weighted by Gasteiger charge is 2.23. The number of likely N-dealkylation sites (N-methyl/N-ethyl adjacent to an activating group) is 1. The van der Waals surface area contributed by atoms with Gasteiger partial charge in [-0.15, -0.1) is 11.3 Å². The SMILES string of the molecule is COc1cccc(CN(C)C(=O)CN2CCC(NC(=O)c3ccc(C)s3)CC2)c1. The third-order valence-electron chi connectivity index (χ3n) is 5.23. The van der Waals surface area contributed by atoms with E-state index in [-0.39, 0.29) is 17.9 Å². The molecule has 1 saturated heterocycles. The number of nitrogens with zero attached hydrogens (tertiary/aromatic N) is 2. The van der Waals surface area contributed by atoms with Gasteiger partial charge in [0.2, 0.25) is 5.91 Å². The van der Waals surface area contributed by atoms with Crippen molar-refractivity contribution < 1.29 is 14.3 Å². The first-order chi connectivity index (χ1) is 13.9. The molecule has 1 aromatic carbocycles. The summed E-state index contributed by atoms with van der Waals surface area (Å²) in [6.07, 6.45) is 1.73. The van der Waals surface area contributed by atoms with Gasteiger partial charge in [-0.25, -0.2) is 0 Å². The Morgan fingerprint density at radius 3 is 2.66 bits per heavy atom. The van der Waals surface area contributed by atoms with Gasteiger partial charge in [-0.3, -0.25) is 14.5 Å². The minimum Gasteiger partial charge on any atom is -0.497 e. The lowest BCUT2D eigenvalue weighted by Gasteiger charge is -2.32. The number of carbonyl (C=O) groups excluding carboxylic acids is 2. The topological polar surface area (TPSA) is 61.9 Å². The highest BCUT2D eigenvalue weighted by atomic mass is 32.1. The van der Waals surface area contributed by atoms with E-state index in [2.05, 4.69) is 10.2 Å². The average molecular weight is 416 g/mol. The molecule has 1 N–H and O–H groups in total. The van der Waals surface area contributed by atoms with Gasteiger partial charge in [0, 0.05) is 37.6 Å². The number of thiophene rings is 1. The molecule has 29 heavy (non-hydrogen) atoms. The standard InChI is InChI=1S/C22H29N3O3S/c1-16-7-8-20(29-16)22(27)23-18-9-11-25(12-10-18)15-21(26)24(2)14-17-5-4-6-19(13-17)28-3/h4-8,13,18H,9-12,14-15H2,1-3H3,(H,23,27). The molecule has 1 aliphatic heterocycles. The van der Waals surface area contributed by atoms with Crippen LogP contribution >= 0.6 is 11.3 Å². The number of ether oxygens (including phenoxy) is 1. The van der Waals surface area contributed by atoms with E-state index in [0.717, 1.165) is 47.0 Å². The minimum absolute atomic E-state index is 0.00986. The van der Waals surface area contributed by atoms with Gasteiger partial charge in [-0.1, -0.05) is 12.1 Å². The van der Waals surface area contributed by atoms with Gasteiger partial charge in [0.1, 0.15) is 5.75 Å². The summed E-state index contributed by atoms with van der Waals surface area (Å²) in [6, 6.07) is 11.8. The molecule has 0 unspecified atom stereocenters. The summed E-state index contributed by atoms with van der Waals surface area (Å²) in [7, 11) is 3.47. The molecule has 0 aliphatic carbocycles. The minimum atomic E-state index is 0.00986. The van der Waals surface area contributed by atoms with Crippen molar-refractivity contribution in [3.8, 4) is 5.75 Å². The molecule has 6 nitrogen and oxygen atoms in total. The lowest BCUT2D eigenvalue weighted by molar-refractivity contribution is -0.131. The molecule has 1 aliphatic rings. The van der Waals surface area contributed by atoms with Gasteiger partial charge in [0.15, 0.2) is 0 Å². The maximum atomic E-state index is 12.6. The maximum absolute atomic E-state index is 12.6. The maximum Gasteiger partial charge on any atom is 0.261 e. The molecule has 3 rings (SSSR count). The Morgan fingerprint density at radius 2 is 2.00 bits per heavy atom. The van der Waals surface area contributed by atoms with Crippen LogP contribution in [0.1, 0.15) is 33.0 Å². The van der Waals surface area contributed by atoms with Crippen molar-refractivity contribution in [2.45, 2.75) is 32.4 Å². The Hall–Kier alpha value is -2.38. The lowest BCUT2D eigenvalue weighted by atomic mass is 10.0. The van der Waals surface area contributed by atoms with Crippen molar-refractivity contribution in [2.75, 3.05) is 33.8 Å². The summed E-state index contributed by atoms with van der Waals surface area (Å²) in [4.78, 5) is 30.7. The van der Waals surface area contributed by atoms with Gasteiger partial charge >= 0.3 is 0 Å². The van der Waals surface area contributed by atoms with Crippen LogP contribution in [0.3, 0.4) is 0 Å². The zero-order valence-corrected chi connectivity index (χ0v) is 18.1. The van der Waals surface area contributed by atoms with Gasteiger partial charge in [-0.2, -0.15) is 0 Å². The molecular weight excluding hydrogens is 386 g/mol.